The molecule has 0 aliphatic heterocycles. The normalized spacial score (nSPS) is 12.7. The molecule has 1 heterocycles. The topological polar surface area (TPSA) is 38.5 Å². The Balaban J connectivity index is 2.15. The van der Waals surface area contributed by atoms with Gasteiger partial charge in [0.1, 0.15) is 5.75 Å². The van der Waals surface area contributed by atoms with Crippen LogP contribution in [0.4, 0.5) is 0 Å². The maximum atomic E-state index is 6.01. The number of methoxy groups -OCH3 is 1. The average Bonchev–Trinajstić information content (AvgIpc) is 2.86. The molecule has 0 aliphatic rings. The number of thiophene rings is 1. The van der Waals surface area contributed by atoms with Gasteiger partial charge in [0, 0.05) is 28.9 Å². The third-order valence-electron chi connectivity index (χ3n) is 3.28. The number of likely N-dealkylation sites (N-methyl/N-ethyl adjacent to an activating group) is 1. The van der Waals surface area contributed by atoms with Gasteiger partial charge in [0.25, 0.3) is 0 Å². The molecule has 2 N–H and O–H groups in total. The Morgan fingerprint density at radius 2 is 2.15 bits per heavy atom. The summed E-state index contributed by atoms with van der Waals surface area (Å²) in [6.45, 7) is 1.34. The van der Waals surface area contributed by atoms with Gasteiger partial charge in [-0.05, 0) is 19.2 Å². The zero-order valence-electron chi connectivity index (χ0n) is 11.7. The average molecular weight is 311 g/mol. The van der Waals surface area contributed by atoms with E-state index in [2.05, 4.69) is 18.0 Å². The van der Waals surface area contributed by atoms with Gasteiger partial charge in [-0.1, -0.05) is 29.8 Å². The molecule has 2 aromatic rings. The van der Waals surface area contributed by atoms with Gasteiger partial charge < -0.3 is 10.5 Å². The van der Waals surface area contributed by atoms with E-state index in [0.29, 0.717) is 6.54 Å². The number of nitrogens with two attached hydrogens (primary N) is 1. The van der Waals surface area contributed by atoms with Gasteiger partial charge >= 0.3 is 0 Å². The molecule has 1 aromatic heterocycles. The Kier molecular flexibility index (Phi) is 5.43. The van der Waals surface area contributed by atoms with Gasteiger partial charge in [0.05, 0.1) is 18.2 Å². The fraction of sp³-hybridized carbons (Fsp3) is 0.333. The van der Waals surface area contributed by atoms with E-state index >= 15 is 0 Å². The predicted molar refractivity (Wildman–Crippen MR) is 85.6 cm³/mol. The Morgan fingerprint density at radius 1 is 1.40 bits per heavy atom. The van der Waals surface area contributed by atoms with Gasteiger partial charge in [-0.3, -0.25) is 4.90 Å². The predicted octanol–water partition coefficient (Wildman–Crippen LogP) is 3.54. The number of nitrogens with zero attached hydrogens (tertiary/aromatic N) is 1. The molecular formula is C15H19ClN2OS. The van der Waals surface area contributed by atoms with E-state index < -0.39 is 0 Å². The second kappa shape index (κ2) is 7.09. The highest BCUT2D eigenvalue weighted by Crippen LogP contribution is 2.30. The van der Waals surface area contributed by atoms with E-state index in [1.807, 2.05) is 29.6 Å². The van der Waals surface area contributed by atoms with E-state index in [4.69, 9.17) is 22.1 Å². The highest BCUT2D eigenvalue weighted by atomic mass is 35.5. The Hall–Kier alpha value is -1.07. The van der Waals surface area contributed by atoms with Crippen LogP contribution in [0.1, 0.15) is 16.5 Å². The Labute approximate surface area is 128 Å². The van der Waals surface area contributed by atoms with Crippen LogP contribution in [0, 0.1) is 0 Å². The van der Waals surface area contributed by atoms with Gasteiger partial charge in [-0.2, -0.15) is 0 Å². The number of ether oxygens (including phenoxy) is 1. The summed E-state index contributed by atoms with van der Waals surface area (Å²) in [7, 11) is 3.76. The molecule has 0 fully saturated rings. The van der Waals surface area contributed by atoms with Crippen LogP contribution in [-0.2, 0) is 6.54 Å². The lowest BCUT2D eigenvalue weighted by atomic mass is 10.1. The van der Waals surface area contributed by atoms with Crippen molar-refractivity contribution in [3.63, 3.8) is 0 Å². The van der Waals surface area contributed by atoms with Crippen molar-refractivity contribution in [1.29, 1.82) is 0 Å². The molecule has 1 aromatic carbocycles. The zero-order valence-corrected chi connectivity index (χ0v) is 13.2. The maximum absolute atomic E-state index is 6.01. The van der Waals surface area contributed by atoms with Crippen LogP contribution in [0.25, 0.3) is 0 Å². The van der Waals surface area contributed by atoms with E-state index in [0.717, 1.165) is 22.9 Å². The van der Waals surface area contributed by atoms with Crippen molar-refractivity contribution in [2.24, 2.45) is 5.73 Å². The van der Waals surface area contributed by atoms with Crippen molar-refractivity contribution >= 4 is 22.9 Å². The minimum absolute atomic E-state index is 0.164. The smallest absolute Gasteiger partial charge is 0.123 e. The first-order valence-corrected chi connectivity index (χ1v) is 7.67. The van der Waals surface area contributed by atoms with Crippen LogP contribution in [0.15, 0.2) is 35.7 Å². The van der Waals surface area contributed by atoms with Gasteiger partial charge in [-0.25, -0.2) is 0 Å². The molecule has 1 atom stereocenters. The largest absolute Gasteiger partial charge is 0.496 e. The van der Waals surface area contributed by atoms with Crippen LogP contribution < -0.4 is 10.5 Å². The number of halogens is 1. The summed E-state index contributed by atoms with van der Waals surface area (Å²) in [6, 6.07) is 10.2. The lowest BCUT2D eigenvalue weighted by molar-refractivity contribution is 0.241. The summed E-state index contributed by atoms with van der Waals surface area (Å²) in [5.74, 6) is 0.902. The van der Waals surface area contributed by atoms with Crippen molar-refractivity contribution < 1.29 is 4.74 Å². The molecule has 0 saturated carbocycles. The van der Waals surface area contributed by atoms with E-state index in [1.54, 1.807) is 18.4 Å². The second-order valence-corrected chi connectivity index (χ2v) is 6.02. The first kappa shape index (κ1) is 15.3. The summed E-state index contributed by atoms with van der Waals surface area (Å²) < 4.78 is 5.39. The summed E-state index contributed by atoms with van der Waals surface area (Å²) in [6.07, 6.45) is 0. The fourth-order valence-corrected chi connectivity index (χ4v) is 3.49. The zero-order chi connectivity index (χ0) is 14.5. The molecule has 1 unspecified atom stereocenters. The van der Waals surface area contributed by atoms with Crippen LogP contribution in [0.3, 0.4) is 0 Å². The van der Waals surface area contributed by atoms with Crippen LogP contribution in [-0.4, -0.2) is 25.6 Å². The molecule has 0 saturated heterocycles. The van der Waals surface area contributed by atoms with Gasteiger partial charge in [0.2, 0.25) is 0 Å². The molecule has 0 aliphatic carbocycles. The van der Waals surface area contributed by atoms with Gasteiger partial charge in [0.15, 0.2) is 0 Å². The summed E-state index contributed by atoms with van der Waals surface area (Å²) >= 11 is 7.65. The minimum Gasteiger partial charge on any atom is -0.496 e. The number of rotatable bonds is 6. The van der Waals surface area contributed by atoms with Crippen LogP contribution in [0.5, 0.6) is 5.75 Å². The molecule has 0 spiro atoms. The lowest BCUT2D eigenvalue weighted by Crippen LogP contribution is -2.29. The van der Waals surface area contributed by atoms with Gasteiger partial charge in [-0.15, -0.1) is 11.3 Å². The number of hydrogen-bond acceptors (Lipinski definition) is 4. The quantitative estimate of drug-likeness (QED) is 0.887. The fourth-order valence-electron chi connectivity index (χ4n) is 2.23. The number of hydrogen-bond donors (Lipinski definition) is 1. The molecule has 0 amide bonds. The van der Waals surface area contributed by atoms with E-state index in [1.165, 1.54) is 4.88 Å². The first-order chi connectivity index (χ1) is 9.65. The first-order valence-electron chi connectivity index (χ1n) is 6.41. The summed E-state index contributed by atoms with van der Waals surface area (Å²) in [5, 5.41) is 2.71. The van der Waals surface area contributed by atoms with Crippen molar-refractivity contribution in [2.75, 3.05) is 20.7 Å². The number of benzene rings is 1. The van der Waals surface area contributed by atoms with Crippen molar-refractivity contribution in [3.05, 3.63) is 51.2 Å². The monoisotopic (exact) mass is 310 g/mol. The third kappa shape index (κ3) is 3.52. The SMILES string of the molecule is COc1ccccc1CN(C)C(CN)c1cc(Cl)cs1. The van der Waals surface area contributed by atoms with E-state index in [9.17, 15) is 0 Å². The lowest BCUT2D eigenvalue weighted by Gasteiger charge is -2.26. The van der Waals surface area contributed by atoms with E-state index in [-0.39, 0.29) is 6.04 Å². The van der Waals surface area contributed by atoms with Crippen molar-refractivity contribution in [1.82, 2.24) is 4.90 Å². The maximum Gasteiger partial charge on any atom is 0.123 e. The Morgan fingerprint density at radius 3 is 2.75 bits per heavy atom. The number of para-hydroxylation sites is 1. The van der Waals surface area contributed by atoms with Crippen molar-refractivity contribution in [2.45, 2.75) is 12.6 Å². The molecule has 20 heavy (non-hydrogen) atoms. The third-order valence-corrected chi connectivity index (χ3v) is 4.67. The standard InChI is InChI=1S/C15H19ClN2OS/c1-18(9-11-5-3-4-6-14(11)19-2)13(8-17)15-7-12(16)10-20-15/h3-7,10,13H,8-9,17H2,1-2H3. The summed E-state index contributed by atoms with van der Waals surface area (Å²) in [5.41, 5.74) is 7.08. The minimum atomic E-state index is 0.164. The summed E-state index contributed by atoms with van der Waals surface area (Å²) in [4.78, 5) is 3.41. The van der Waals surface area contributed by atoms with Crippen LogP contribution in [0.2, 0.25) is 5.02 Å². The molecule has 5 heteroatoms. The molecule has 2 rings (SSSR count). The van der Waals surface area contributed by atoms with Crippen LogP contribution >= 0.6 is 22.9 Å². The second-order valence-electron chi connectivity index (χ2n) is 4.65. The highest BCUT2D eigenvalue weighted by Gasteiger charge is 2.18. The molecule has 3 nitrogen and oxygen atoms in total. The molecule has 0 radical (unpaired) electrons. The van der Waals surface area contributed by atoms with Crippen molar-refractivity contribution in [3.8, 4) is 5.75 Å². The molecular weight excluding hydrogens is 292 g/mol. The molecule has 108 valence electrons. The highest BCUT2D eigenvalue weighted by molar-refractivity contribution is 7.10. The Bertz CT molecular complexity index is 558. The molecule has 0 bridgehead atoms.